The smallest absolute Gasteiger partial charge is 0.270 e. The van der Waals surface area contributed by atoms with Gasteiger partial charge in [0.05, 0.1) is 0 Å². The van der Waals surface area contributed by atoms with E-state index in [2.05, 4.69) is 10.3 Å². The van der Waals surface area contributed by atoms with Crippen LogP contribution in [0.5, 0.6) is 0 Å². The van der Waals surface area contributed by atoms with Gasteiger partial charge in [-0.3, -0.25) is 9.78 Å². The first kappa shape index (κ1) is 14.5. The lowest BCUT2D eigenvalue weighted by atomic mass is 9.94. The van der Waals surface area contributed by atoms with Crippen LogP contribution in [0.3, 0.4) is 0 Å². The molecule has 0 saturated carbocycles. The van der Waals surface area contributed by atoms with E-state index in [-0.39, 0.29) is 12.5 Å². The molecule has 0 bridgehead atoms. The van der Waals surface area contributed by atoms with Crippen molar-refractivity contribution in [3.05, 3.63) is 42.2 Å². The molecule has 2 aromatic rings. The van der Waals surface area contributed by atoms with Crippen molar-refractivity contribution in [3.8, 4) is 0 Å². The lowest BCUT2D eigenvalue weighted by molar-refractivity contribution is 0.0883. The van der Waals surface area contributed by atoms with E-state index in [0.717, 1.165) is 17.2 Å². The van der Waals surface area contributed by atoms with Gasteiger partial charge in [0.2, 0.25) is 0 Å². The lowest BCUT2D eigenvalue weighted by Crippen LogP contribution is -2.46. The number of rotatable bonds is 5. The minimum absolute atomic E-state index is 0.0492. The van der Waals surface area contributed by atoms with Gasteiger partial charge in [-0.15, -0.1) is 0 Å². The first-order valence-corrected chi connectivity index (χ1v) is 6.87. The van der Waals surface area contributed by atoms with Gasteiger partial charge in [-0.25, -0.2) is 0 Å². The predicted octanol–water partition coefficient (Wildman–Crippen LogP) is 2.52. The molecule has 1 unspecified atom stereocenters. The fourth-order valence-electron chi connectivity index (χ4n) is 2.21. The maximum absolute atomic E-state index is 12.5. The van der Waals surface area contributed by atoms with Crippen molar-refractivity contribution in [3.63, 3.8) is 0 Å². The van der Waals surface area contributed by atoms with Crippen molar-refractivity contribution in [1.82, 2.24) is 10.3 Å². The molecule has 1 atom stereocenters. The van der Waals surface area contributed by atoms with E-state index in [1.165, 1.54) is 0 Å². The second kappa shape index (κ2) is 6.01. The maximum Gasteiger partial charge on any atom is 0.270 e. The molecular weight excluding hydrogens is 252 g/mol. The van der Waals surface area contributed by atoms with Crippen LogP contribution in [0.25, 0.3) is 10.8 Å². The number of benzene rings is 1. The van der Waals surface area contributed by atoms with Crippen molar-refractivity contribution in [2.75, 3.05) is 6.61 Å². The molecule has 1 amide bonds. The van der Waals surface area contributed by atoms with E-state index in [4.69, 9.17) is 5.11 Å². The van der Waals surface area contributed by atoms with E-state index in [0.29, 0.717) is 12.1 Å². The lowest BCUT2D eigenvalue weighted by Gasteiger charge is -2.28. The molecule has 2 N–H and O–H groups in total. The molecule has 0 spiro atoms. The molecule has 4 nitrogen and oxygen atoms in total. The van der Waals surface area contributed by atoms with Gasteiger partial charge in [0.25, 0.3) is 5.91 Å². The van der Waals surface area contributed by atoms with Crippen LogP contribution in [0.4, 0.5) is 0 Å². The normalized spacial score (nSPS) is 13.9. The van der Waals surface area contributed by atoms with Crippen molar-refractivity contribution >= 4 is 16.7 Å². The molecular formula is C16H20N2O2. The van der Waals surface area contributed by atoms with Crippen LogP contribution in [-0.2, 0) is 0 Å². The van der Waals surface area contributed by atoms with E-state index < -0.39 is 5.54 Å². The molecule has 0 saturated heterocycles. The van der Waals surface area contributed by atoms with Crippen molar-refractivity contribution < 1.29 is 9.90 Å². The van der Waals surface area contributed by atoms with E-state index >= 15 is 0 Å². The molecule has 20 heavy (non-hydrogen) atoms. The summed E-state index contributed by atoms with van der Waals surface area (Å²) in [5.74, 6) is -0.195. The number of aliphatic hydroxyl groups is 1. The highest BCUT2D eigenvalue weighted by molar-refractivity contribution is 6.05. The Morgan fingerprint density at radius 1 is 1.35 bits per heavy atom. The van der Waals surface area contributed by atoms with Crippen LogP contribution >= 0.6 is 0 Å². The second-order valence-electron chi connectivity index (χ2n) is 5.22. The fraction of sp³-hybridized carbons (Fsp3) is 0.375. The Hall–Kier alpha value is -1.94. The zero-order valence-corrected chi connectivity index (χ0v) is 11.9. The van der Waals surface area contributed by atoms with Crippen molar-refractivity contribution in [2.45, 2.75) is 32.2 Å². The zero-order chi connectivity index (χ0) is 14.6. The summed E-state index contributed by atoms with van der Waals surface area (Å²) in [6.07, 6.45) is 2.93. The molecule has 2 rings (SSSR count). The van der Waals surface area contributed by atoms with E-state index in [9.17, 15) is 4.79 Å². The van der Waals surface area contributed by atoms with Crippen LogP contribution in [0.2, 0.25) is 0 Å². The summed E-state index contributed by atoms with van der Waals surface area (Å²) in [7, 11) is 0. The molecule has 0 aliphatic rings. The fourth-order valence-corrected chi connectivity index (χ4v) is 2.21. The monoisotopic (exact) mass is 272 g/mol. The Kier molecular flexibility index (Phi) is 4.35. The number of hydrogen-bond acceptors (Lipinski definition) is 3. The molecule has 1 aromatic carbocycles. The molecule has 0 aliphatic carbocycles. The molecule has 106 valence electrons. The Bertz CT molecular complexity index is 607. The predicted molar refractivity (Wildman–Crippen MR) is 79.6 cm³/mol. The number of nitrogens with zero attached hydrogens (tertiary/aromatic N) is 1. The molecule has 1 aromatic heterocycles. The number of carbonyl (C=O) groups is 1. The number of pyridine rings is 1. The number of nitrogens with one attached hydrogen (secondary N) is 1. The Labute approximate surface area is 118 Å². The molecule has 0 radical (unpaired) electrons. The summed E-state index contributed by atoms with van der Waals surface area (Å²) in [6, 6.07) is 9.57. The topological polar surface area (TPSA) is 62.2 Å². The average molecular weight is 272 g/mol. The van der Waals surface area contributed by atoms with Crippen molar-refractivity contribution in [1.29, 1.82) is 0 Å². The second-order valence-corrected chi connectivity index (χ2v) is 5.22. The minimum atomic E-state index is -0.412. The number of fused-ring (bicyclic) bond motifs is 1. The average Bonchev–Trinajstić information content (AvgIpc) is 2.46. The number of hydrogen-bond donors (Lipinski definition) is 2. The van der Waals surface area contributed by atoms with Gasteiger partial charge >= 0.3 is 0 Å². The Morgan fingerprint density at radius 3 is 2.80 bits per heavy atom. The van der Waals surface area contributed by atoms with Gasteiger partial charge in [0.15, 0.2) is 0 Å². The summed E-state index contributed by atoms with van der Waals surface area (Å²) in [5.41, 5.74) is 0.0190. The molecule has 1 heterocycles. The van der Waals surface area contributed by atoms with Crippen LogP contribution in [0, 0.1) is 0 Å². The van der Waals surface area contributed by atoms with Crippen molar-refractivity contribution in [2.24, 2.45) is 0 Å². The first-order chi connectivity index (χ1) is 9.59. The number of amides is 1. The number of aliphatic hydroxyl groups excluding tert-OH is 1. The molecule has 0 fully saturated rings. The van der Waals surface area contributed by atoms with E-state index in [1.54, 1.807) is 6.20 Å². The third kappa shape index (κ3) is 2.96. The van der Waals surface area contributed by atoms with Gasteiger partial charge in [-0.05, 0) is 31.2 Å². The van der Waals surface area contributed by atoms with Gasteiger partial charge in [-0.1, -0.05) is 31.2 Å². The third-order valence-electron chi connectivity index (χ3n) is 3.75. The summed E-state index contributed by atoms with van der Waals surface area (Å²) in [5, 5.41) is 13.9. The highest BCUT2D eigenvalue weighted by Gasteiger charge is 2.25. The van der Waals surface area contributed by atoms with Crippen LogP contribution in [0.15, 0.2) is 36.5 Å². The Morgan fingerprint density at radius 2 is 2.10 bits per heavy atom. The van der Waals surface area contributed by atoms with Gasteiger partial charge < -0.3 is 10.4 Å². The summed E-state index contributed by atoms with van der Waals surface area (Å²) in [6.45, 7) is 3.98. The van der Waals surface area contributed by atoms with Gasteiger partial charge in [0, 0.05) is 23.7 Å². The Balaban J connectivity index is 2.32. The quantitative estimate of drug-likeness (QED) is 0.879. The zero-order valence-electron chi connectivity index (χ0n) is 11.9. The molecule has 0 aliphatic heterocycles. The summed E-state index contributed by atoms with van der Waals surface area (Å²) < 4.78 is 0. The van der Waals surface area contributed by atoms with Crippen LogP contribution < -0.4 is 5.32 Å². The highest BCUT2D eigenvalue weighted by atomic mass is 16.3. The first-order valence-electron chi connectivity index (χ1n) is 6.87. The van der Waals surface area contributed by atoms with Gasteiger partial charge in [-0.2, -0.15) is 0 Å². The summed E-state index contributed by atoms with van der Waals surface area (Å²) >= 11 is 0. The highest BCUT2D eigenvalue weighted by Crippen LogP contribution is 2.19. The maximum atomic E-state index is 12.5. The number of carbonyl (C=O) groups excluding carboxylic acids is 1. The van der Waals surface area contributed by atoms with E-state index in [1.807, 2.05) is 44.2 Å². The SMILES string of the molecule is CCC(C)(CCO)NC(=O)c1nccc2ccccc12. The van der Waals surface area contributed by atoms with Gasteiger partial charge in [0.1, 0.15) is 5.69 Å². The van der Waals surface area contributed by atoms with Crippen LogP contribution in [-0.4, -0.2) is 28.1 Å². The van der Waals surface area contributed by atoms with Crippen LogP contribution in [0.1, 0.15) is 37.2 Å². The standard InChI is InChI=1S/C16H20N2O2/c1-3-16(2,9-11-19)18-15(20)14-13-7-5-4-6-12(13)8-10-17-14/h4-8,10,19H,3,9,11H2,1-2H3,(H,18,20). The minimum Gasteiger partial charge on any atom is -0.396 e. The molecule has 4 heteroatoms. The number of aromatic nitrogens is 1. The third-order valence-corrected chi connectivity index (χ3v) is 3.75. The summed E-state index contributed by atoms with van der Waals surface area (Å²) in [4.78, 5) is 16.7. The largest absolute Gasteiger partial charge is 0.396 e.